The maximum absolute atomic E-state index is 5.03. The minimum absolute atomic E-state index is 0.789. The molecule has 0 aliphatic carbocycles. The molecule has 0 aromatic carbocycles. The summed E-state index contributed by atoms with van der Waals surface area (Å²) in [6.45, 7) is 4.70. The summed E-state index contributed by atoms with van der Waals surface area (Å²) < 4.78 is 5.03. The first kappa shape index (κ1) is 12.8. The molecule has 0 aliphatic rings. The number of hydrogen-bond donors (Lipinski definition) is 1. The number of hydrogen-bond acceptors (Lipinski definition) is 4. The van der Waals surface area contributed by atoms with Crippen molar-refractivity contribution < 1.29 is 4.74 Å². The van der Waals surface area contributed by atoms with Crippen LogP contribution in [0.3, 0.4) is 0 Å². The van der Waals surface area contributed by atoms with E-state index in [1.165, 1.54) is 0 Å². The first-order valence-corrected chi connectivity index (χ1v) is 5.69. The quantitative estimate of drug-likeness (QED) is 0.717. The lowest BCUT2D eigenvalue weighted by Gasteiger charge is -2.18. The van der Waals surface area contributed by atoms with Crippen LogP contribution in [-0.2, 0) is 4.74 Å². The minimum Gasteiger partial charge on any atom is -0.385 e. The largest absolute Gasteiger partial charge is 0.385 e. The third-order valence-corrected chi connectivity index (χ3v) is 2.33. The van der Waals surface area contributed by atoms with E-state index in [1.807, 2.05) is 25.2 Å². The highest BCUT2D eigenvalue weighted by molar-refractivity contribution is 5.46. The third-order valence-electron chi connectivity index (χ3n) is 2.33. The van der Waals surface area contributed by atoms with E-state index in [0.29, 0.717) is 0 Å². The van der Waals surface area contributed by atoms with E-state index in [4.69, 9.17) is 4.74 Å². The van der Waals surface area contributed by atoms with Gasteiger partial charge in [-0.3, -0.25) is 0 Å². The average molecular weight is 223 g/mol. The Balaban J connectivity index is 2.53. The summed E-state index contributed by atoms with van der Waals surface area (Å²) in [4.78, 5) is 6.65. The standard InChI is InChI=1S/C12H21N3O/c1-4-13-11-7-5-8-12(14-11)15(2)9-6-10-16-3/h5,7-8H,4,6,9-10H2,1-3H3,(H,13,14). The molecule has 0 radical (unpaired) electrons. The monoisotopic (exact) mass is 223 g/mol. The lowest BCUT2D eigenvalue weighted by molar-refractivity contribution is 0.196. The van der Waals surface area contributed by atoms with Crippen LogP contribution in [0.15, 0.2) is 18.2 Å². The van der Waals surface area contributed by atoms with Crippen molar-refractivity contribution in [2.24, 2.45) is 0 Å². The Bertz CT molecular complexity index is 304. The molecule has 0 atom stereocenters. The molecule has 1 aromatic rings. The third kappa shape index (κ3) is 4.06. The van der Waals surface area contributed by atoms with Crippen molar-refractivity contribution in [2.75, 3.05) is 44.1 Å². The molecule has 1 heterocycles. The Kier molecular flexibility index (Phi) is 5.64. The SMILES string of the molecule is CCNc1cccc(N(C)CCCOC)n1. The Morgan fingerprint density at radius 1 is 1.44 bits per heavy atom. The fourth-order valence-corrected chi connectivity index (χ4v) is 1.48. The zero-order valence-corrected chi connectivity index (χ0v) is 10.4. The molecule has 1 rings (SSSR count). The van der Waals surface area contributed by atoms with Gasteiger partial charge in [0.05, 0.1) is 0 Å². The average Bonchev–Trinajstić information content (AvgIpc) is 2.30. The van der Waals surface area contributed by atoms with Crippen LogP contribution in [0.25, 0.3) is 0 Å². The van der Waals surface area contributed by atoms with Crippen LogP contribution in [0.2, 0.25) is 0 Å². The van der Waals surface area contributed by atoms with Gasteiger partial charge < -0.3 is 15.0 Å². The molecule has 0 amide bonds. The highest BCUT2D eigenvalue weighted by atomic mass is 16.5. The van der Waals surface area contributed by atoms with E-state index >= 15 is 0 Å². The van der Waals surface area contributed by atoms with Gasteiger partial charge in [0, 0.05) is 33.9 Å². The Morgan fingerprint density at radius 3 is 2.94 bits per heavy atom. The van der Waals surface area contributed by atoms with Gasteiger partial charge in [0.25, 0.3) is 0 Å². The van der Waals surface area contributed by atoms with Crippen LogP contribution in [0.1, 0.15) is 13.3 Å². The molecule has 0 aliphatic heterocycles. The molecule has 1 aromatic heterocycles. The minimum atomic E-state index is 0.789. The summed E-state index contributed by atoms with van der Waals surface area (Å²) in [6.07, 6.45) is 1.01. The summed E-state index contributed by atoms with van der Waals surface area (Å²) in [5, 5.41) is 3.21. The van der Waals surface area contributed by atoms with Crippen molar-refractivity contribution in [1.29, 1.82) is 0 Å². The van der Waals surface area contributed by atoms with Crippen LogP contribution < -0.4 is 10.2 Å². The van der Waals surface area contributed by atoms with Gasteiger partial charge in [-0.15, -0.1) is 0 Å². The molecular formula is C12H21N3O. The number of anilines is 2. The van der Waals surface area contributed by atoms with E-state index in [1.54, 1.807) is 7.11 Å². The number of aromatic nitrogens is 1. The van der Waals surface area contributed by atoms with E-state index in [2.05, 4.69) is 22.1 Å². The summed E-state index contributed by atoms with van der Waals surface area (Å²) >= 11 is 0. The molecule has 0 saturated heterocycles. The fraction of sp³-hybridized carbons (Fsp3) is 0.583. The van der Waals surface area contributed by atoms with Crippen molar-refractivity contribution in [3.63, 3.8) is 0 Å². The van der Waals surface area contributed by atoms with Crippen molar-refractivity contribution in [1.82, 2.24) is 4.98 Å². The van der Waals surface area contributed by atoms with Crippen LogP contribution in [0.4, 0.5) is 11.6 Å². The second-order valence-corrected chi connectivity index (χ2v) is 3.68. The Labute approximate surface area is 97.6 Å². The van der Waals surface area contributed by atoms with Crippen molar-refractivity contribution in [2.45, 2.75) is 13.3 Å². The highest BCUT2D eigenvalue weighted by Gasteiger charge is 2.02. The van der Waals surface area contributed by atoms with E-state index in [0.717, 1.165) is 37.8 Å². The maximum atomic E-state index is 5.03. The second-order valence-electron chi connectivity index (χ2n) is 3.68. The molecule has 0 unspecified atom stereocenters. The van der Waals surface area contributed by atoms with Gasteiger partial charge in [-0.2, -0.15) is 0 Å². The molecule has 4 heteroatoms. The molecule has 0 fully saturated rings. The molecule has 1 N–H and O–H groups in total. The summed E-state index contributed by atoms with van der Waals surface area (Å²) in [5.74, 6) is 1.92. The predicted octanol–water partition coefficient (Wildman–Crippen LogP) is 1.99. The summed E-state index contributed by atoms with van der Waals surface area (Å²) in [7, 11) is 3.78. The van der Waals surface area contributed by atoms with E-state index in [9.17, 15) is 0 Å². The van der Waals surface area contributed by atoms with E-state index < -0.39 is 0 Å². The zero-order valence-electron chi connectivity index (χ0n) is 10.4. The summed E-state index contributed by atoms with van der Waals surface area (Å²) in [5.41, 5.74) is 0. The van der Waals surface area contributed by atoms with E-state index in [-0.39, 0.29) is 0 Å². The smallest absolute Gasteiger partial charge is 0.130 e. The van der Waals surface area contributed by atoms with Crippen LogP contribution in [-0.4, -0.2) is 38.8 Å². The number of nitrogens with zero attached hydrogens (tertiary/aromatic N) is 2. The molecule has 16 heavy (non-hydrogen) atoms. The Morgan fingerprint density at radius 2 is 2.25 bits per heavy atom. The molecule has 0 bridgehead atoms. The number of ether oxygens (including phenoxy) is 1. The molecule has 90 valence electrons. The molecule has 0 saturated carbocycles. The maximum Gasteiger partial charge on any atom is 0.130 e. The first-order chi connectivity index (χ1) is 7.77. The normalized spacial score (nSPS) is 10.2. The van der Waals surface area contributed by atoms with Crippen molar-refractivity contribution in [3.8, 4) is 0 Å². The van der Waals surface area contributed by atoms with Crippen LogP contribution in [0, 0.1) is 0 Å². The van der Waals surface area contributed by atoms with Crippen LogP contribution in [0.5, 0.6) is 0 Å². The zero-order chi connectivity index (χ0) is 11.8. The topological polar surface area (TPSA) is 37.4 Å². The first-order valence-electron chi connectivity index (χ1n) is 5.69. The van der Waals surface area contributed by atoms with Gasteiger partial charge >= 0.3 is 0 Å². The number of pyridine rings is 1. The van der Waals surface area contributed by atoms with Crippen molar-refractivity contribution in [3.05, 3.63) is 18.2 Å². The van der Waals surface area contributed by atoms with Gasteiger partial charge in [-0.25, -0.2) is 4.98 Å². The van der Waals surface area contributed by atoms with Gasteiger partial charge in [0.2, 0.25) is 0 Å². The fourth-order valence-electron chi connectivity index (χ4n) is 1.48. The van der Waals surface area contributed by atoms with Crippen LogP contribution >= 0.6 is 0 Å². The lowest BCUT2D eigenvalue weighted by atomic mass is 10.3. The lowest BCUT2D eigenvalue weighted by Crippen LogP contribution is -2.21. The second kappa shape index (κ2) is 7.06. The Hall–Kier alpha value is -1.29. The van der Waals surface area contributed by atoms with Gasteiger partial charge in [0.1, 0.15) is 11.6 Å². The molecule has 0 spiro atoms. The van der Waals surface area contributed by atoms with Gasteiger partial charge in [-0.1, -0.05) is 6.07 Å². The van der Waals surface area contributed by atoms with Crippen molar-refractivity contribution >= 4 is 11.6 Å². The summed E-state index contributed by atoms with van der Waals surface area (Å²) in [6, 6.07) is 6.02. The van der Waals surface area contributed by atoms with Gasteiger partial charge in [0.15, 0.2) is 0 Å². The molecular weight excluding hydrogens is 202 g/mol. The van der Waals surface area contributed by atoms with Gasteiger partial charge in [-0.05, 0) is 25.5 Å². The number of methoxy groups -OCH3 is 1. The number of nitrogens with one attached hydrogen (secondary N) is 1. The molecule has 4 nitrogen and oxygen atoms in total. The highest BCUT2D eigenvalue weighted by Crippen LogP contribution is 2.12. The number of rotatable bonds is 7. The predicted molar refractivity (Wildman–Crippen MR) is 68.2 cm³/mol.